The Kier molecular flexibility index (Phi) is 4.65. The van der Waals surface area contributed by atoms with Gasteiger partial charge < -0.3 is 5.73 Å². The molecule has 1 aliphatic rings. The van der Waals surface area contributed by atoms with E-state index in [0.717, 1.165) is 32.0 Å². The summed E-state index contributed by atoms with van der Waals surface area (Å²) in [5, 5.41) is 0. The van der Waals surface area contributed by atoms with Crippen molar-refractivity contribution >= 4 is 0 Å². The summed E-state index contributed by atoms with van der Waals surface area (Å²) >= 11 is 0. The minimum Gasteiger partial charge on any atom is -0.330 e. The molecular weight excluding hydrogens is 272 g/mol. The Morgan fingerprint density at radius 3 is 2.35 bits per heavy atom. The van der Waals surface area contributed by atoms with Gasteiger partial charge in [-0.05, 0) is 62.2 Å². The molecule has 2 rings (SSSR count). The van der Waals surface area contributed by atoms with Gasteiger partial charge in [-0.3, -0.25) is 4.90 Å². The van der Waals surface area contributed by atoms with Crippen molar-refractivity contribution in [1.29, 1.82) is 0 Å². The number of benzene rings is 1. The zero-order chi connectivity index (χ0) is 14.8. The van der Waals surface area contributed by atoms with Crippen LogP contribution in [0.15, 0.2) is 18.2 Å². The van der Waals surface area contributed by atoms with Crippen molar-refractivity contribution in [3.05, 3.63) is 35.1 Å². The molecule has 2 N–H and O–H groups in total. The number of hydrogen-bond donors (Lipinski definition) is 1. The minimum atomic E-state index is -4.51. The summed E-state index contributed by atoms with van der Waals surface area (Å²) in [7, 11) is 0. The van der Waals surface area contributed by atoms with Crippen molar-refractivity contribution in [3.63, 3.8) is 0 Å². The molecule has 2 nitrogen and oxygen atoms in total. The molecule has 1 heterocycles. The topological polar surface area (TPSA) is 29.3 Å². The molecule has 0 aromatic heterocycles. The molecular formula is C14H18F4N2. The van der Waals surface area contributed by atoms with Crippen LogP contribution in [0.1, 0.15) is 24.0 Å². The van der Waals surface area contributed by atoms with Crippen LogP contribution >= 0.6 is 0 Å². The third-order valence-electron chi connectivity index (χ3n) is 3.73. The Hall–Kier alpha value is -1.14. The normalized spacial score (nSPS) is 18.4. The van der Waals surface area contributed by atoms with Crippen LogP contribution in [0.5, 0.6) is 0 Å². The van der Waals surface area contributed by atoms with Gasteiger partial charge in [0, 0.05) is 6.54 Å². The van der Waals surface area contributed by atoms with Crippen molar-refractivity contribution < 1.29 is 17.6 Å². The number of halogens is 4. The highest BCUT2D eigenvalue weighted by atomic mass is 19.4. The van der Waals surface area contributed by atoms with E-state index in [1.165, 1.54) is 6.07 Å². The van der Waals surface area contributed by atoms with Gasteiger partial charge in [0.25, 0.3) is 0 Å². The fourth-order valence-electron chi connectivity index (χ4n) is 2.54. The summed E-state index contributed by atoms with van der Waals surface area (Å²) in [5.41, 5.74) is 5.03. The average molecular weight is 290 g/mol. The first-order valence-corrected chi connectivity index (χ1v) is 6.67. The lowest BCUT2D eigenvalue weighted by Crippen LogP contribution is -2.35. The third-order valence-corrected chi connectivity index (χ3v) is 3.73. The maximum absolute atomic E-state index is 13.3. The van der Waals surface area contributed by atoms with E-state index in [2.05, 4.69) is 0 Å². The fourth-order valence-corrected chi connectivity index (χ4v) is 2.54. The zero-order valence-electron chi connectivity index (χ0n) is 11.1. The van der Waals surface area contributed by atoms with Gasteiger partial charge in [-0.25, -0.2) is 4.39 Å². The predicted octanol–water partition coefficient (Wildman–Crippen LogP) is 3.02. The minimum absolute atomic E-state index is 0.345. The van der Waals surface area contributed by atoms with E-state index in [-0.39, 0.29) is 0 Å². The zero-order valence-corrected chi connectivity index (χ0v) is 11.1. The number of nitrogens with zero attached hydrogens (tertiary/aromatic N) is 1. The Bertz CT molecular complexity index is 451. The molecule has 0 radical (unpaired) electrons. The number of alkyl halides is 3. The van der Waals surface area contributed by atoms with E-state index in [1.54, 1.807) is 0 Å². The predicted molar refractivity (Wildman–Crippen MR) is 68.5 cm³/mol. The first-order chi connectivity index (χ1) is 9.38. The Morgan fingerprint density at radius 1 is 1.15 bits per heavy atom. The van der Waals surface area contributed by atoms with Gasteiger partial charge in [0.05, 0.1) is 5.56 Å². The molecule has 1 aliphatic heterocycles. The van der Waals surface area contributed by atoms with E-state index in [9.17, 15) is 17.6 Å². The molecule has 1 aromatic rings. The summed E-state index contributed by atoms with van der Waals surface area (Å²) in [6.45, 7) is 2.57. The highest BCUT2D eigenvalue weighted by Crippen LogP contribution is 2.31. The highest BCUT2D eigenvalue weighted by molar-refractivity contribution is 5.26. The second-order valence-electron chi connectivity index (χ2n) is 5.30. The smallest absolute Gasteiger partial charge is 0.330 e. The molecule has 20 heavy (non-hydrogen) atoms. The van der Waals surface area contributed by atoms with Crippen LogP contribution in [0.3, 0.4) is 0 Å². The molecule has 0 bridgehead atoms. The van der Waals surface area contributed by atoms with Crippen LogP contribution in [0, 0.1) is 11.7 Å². The molecule has 0 amide bonds. The van der Waals surface area contributed by atoms with Crippen LogP contribution in [0.25, 0.3) is 0 Å². The van der Waals surface area contributed by atoms with Gasteiger partial charge >= 0.3 is 6.18 Å². The Labute approximate surface area is 115 Å². The van der Waals surface area contributed by atoms with Gasteiger partial charge in [0.1, 0.15) is 5.82 Å². The van der Waals surface area contributed by atoms with Crippen molar-refractivity contribution in [2.45, 2.75) is 25.6 Å². The maximum Gasteiger partial charge on any atom is 0.416 e. The maximum atomic E-state index is 13.3. The van der Waals surface area contributed by atoms with Crippen LogP contribution in [0.2, 0.25) is 0 Å². The molecule has 1 fully saturated rings. The van der Waals surface area contributed by atoms with Crippen molar-refractivity contribution in [1.82, 2.24) is 4.90 Å². The first kappa shape index (κ1) is 15.3. The Morgan fingerprint density at radius 2 is 1.80 bits per heavy atom. The summed E-state index contributed by atoms with van der Waals surface area (Å²) < 4.78 is 51.2. The lowest BCUT2D eigenvalue weighted by molar-refractivity contribution is -0.137. The van der Waals surface area contributed by atoms with E-state index in [0.29, 0.717) is 30.6 Å². The monoisotopic (exact) mass is 290 g/mol. The van der Waals surface area contributed by atoms with E-state index >= 15 is 0 Å². The number of rotatable bonds is 3. The number of nitrogens with two attached hydrogens (primary N) is 1. The van der Waals surface area contributed by atoms with Gasteiger partial charge in [-0.15, -0.1) is 0 Å². The van der Waals surface area contributed by atoms with Gasteiger partial charge in [-0.1, -0.05) is 0 Å². The molecule has 1 saturated heterocycles. The van der Waals surface area contributed by atoms with Gasteiger partial charge in [-0.2, -0.15) is 13.2 Å². The van der Waals surface area contributed by atoms with Crippen molar-refractivity contribution in [2.24, 2.45) is 11.7 Å². The fraction of sp³-hybridized carbons (Fsp3) is 0.571. The van der Waals surface area contributed by atoms with Crippen LogP contribution in [0.4, 0.5) is 17.6 Å². The van der Waals surface area contributed by atoms with Gasteiger partial charge in [0.15, 0.2) is 0 Å². The third kappa shape index (κ3) is 3.93. The number of piperidine rings is 1. The highest BCUT2D eigenvalue weighted by Gasteiger charge is 2.31. The standard InChI is InChI=1S/C14H18F4N2/c15-13-6-11(5-12(7-13)14(16,17)18)9-20-3-1-10(8-19)2-4-20/h5-7,10H,1-4,8-9,19H2. The van der Waals surface area contributed by atoms with E-state index in [1.807, 2.05) is 4.90 Å². The molecule has 0 aliphatic carbocycles. The molecule has 0 unspecified atom stereocenters. The summed E-state index contributed by atoms with van der Waals surface area (Å²) in [4.78, 5) is 2.04. The first-order valence-electron chi connectivity index (χ1n) is 6.67. The molecule has 6 heteroatoms. The second-order valence-corrected chi connectivity index (χ2v) is 5.30. The van der Waals surface area contributed by atoms with Crippen LogP contribution in [-0.4, -0.2) is 24.5 Å². The molecule has 0 spiro atoms. The summed E-state index contributed by atoms with van der Waals surface area (Å²) in [6, 6.07) is 2.73. The summed E-state index contributed by atoms with van der Waals surface area (Å²) in [5.74, 6) is -0.351. The van der Waals surface area contributed by atoms with Crippen LogP contribution < -0.4 is 5.73 Å². The SMILES string of the molecule is NCC1CCN(Cc2cc(F)cc(C(F)(F)F)c2)CC1. The largest absolute Gasteiger partial charge is 0.416 e. The second kappa shape index (κ2) is 6.10. The quantitative estimate of drug-likeness (QED) is 0.867. The molecule has 112 valence electrons. The van der Waals surface area contributed by atoms with Crippen LogP contribution in [-0.2, 0) is 12.7 Å². The lowest BCUT2D eigenvalue weighted by Gasteiger charge is -2.31. The average Bonchev–Trinajstić information content (AvgIpc) is 2.38. The van der Waals surface area contributed by atoms with E-state index < -0.39 is 17.6 Å². The lowest BCUT2D eigenvalue weighted by atomic mass is 9.96. The molecule has 1 aromatic carbocycles. The molecule has 0 saturated carbocycles. The number of likely N-dealkylation sites (tertiary alicyclic amines) is 1. The van der Waals surface area contributed by atoms with Gasteiger partial charge in [0.2, 0.25) is 0 Å². The molecule has 0 atom stereocenters. The van der Waals surface area contributed by atoms with Crippen molar-refractivity contribution in [3.8, 4) is 0 Å². The Balaban J connectivity index is 2.05. The van der Waals surface area contributed by atoms with Crippen molar-refractivity contribution in [2.75, 3.05) is 19.6 Å². The van der Waals surface area contributed by atoms with E-state index in [4.69, 9.17) is 5.73 Å². The summed E-state index contributed by atoms with van der Waals surface area (Å²) in [6.07, 6.45) is -2.63. The number of hydrogen-bond acceptors (Lipinski definition) is 2.